The van der Waals surface area contributed by atoms with Crippen molar-refractivity contribution in [1.29, 1.82) is 0 Å². The van der Waals surface area contributed by atoms with Crippen LogP contribution < -0.4 is 10.2 Å². The van der Waals surface area contributed by atoms with Gasteiger partial charge in [-0.25, -0.2) is 0 Å². The molecule has 5 heteroatoms. The van der Waals surface area contributed by atoms with E-state index in [1.54, 1.807) is 11.8 Å². The fourth-order valence-corrected chi connectivity index (χ4v) is 4.95. The number of amides is 2. The van der Waals surface area contributed by atoms with Crippen molar-refractivity contribution in [3.05, 3.63) is 59.7 Å². The minimum absolute atomic E-state index is 0.0633. The quantitative estimate of drug-likeness (QED) is 0.445. The van der Waals surface area contributed by atoms with Crippen molar-refractivity contribution in [2.75, 3.05) is 16.0 Å². The summed E-state index contributed by atoms with van der Waals surface area (Å²) in [5.74, 6) is 0.647. The lowest BCUT2D eigenvalue weighted by Gasteiger charge is -2.25. The smallest absolute Gasteiger partial charge is 0.238 e. The summed E-state index contributed by atoms with van der Waals surface area (Å²) in [7, 11) is 0. The Bertz CT molecular complexity index is 868. The molecule has 1 saturated heterocycles. The molecular weight excluding hydrogens is 392 g/mol. The predicted molar refractivity (Wildman–Crippen MR) is 127 cm³/mol. The maximum Gasteiger partial charge on any atom is 0.238 e. The average Bonchev–Trinajstić information content (AvgIpc) is 3.12. The lowest BCUT2D eigenvalue weighted by Crippen LogP contribution is -2.27. The Morgan fingerprint density at radius 1 is 1.07 bits per heavy atom. The number of rotatable bonds is 10. The van der Waals surface area contributed by atoms with Gasteiger partial charge in [-0.1, -0.05) is 63.3 Å². The summed E-state index contributed by atoms with van der Waals surface area (Å²) >= 11 is 1.63. The fraction of sp³-hybridized carbons (Fsp3) is 0.440. The van der Waals surface area contributed by atoms with Crippen LogP contribution in [0.25, 0.3) is 0 Å². The van der Waals surface area contributed by atoms with Gasteiger partial charge in [-0.2, -0.15) is 0 Å². The SMILES string of the molecule is CCCCCCCCC(=O)Nc1cccc([C@H]2SCC(=O)N2c2cccc(C)c2)c1. The number of aryl methyl sites for hydroxylation is 1. The molecule has 0 bridgehead atoms. The molecule has 2 amide bonds. The second-order valence-corrected chi connectivity index (χ2v) is 9.03. The van der Waals surface area contributed by atoms with Crippen LogP contribution in [0.5, 0.6) is 0 Å². The number of nitrogens with one attached hydrogen (secondary N) is 1. The Balaban J connectivity index is 1.62. The van der Waals surface area contributed by atoms with Gasteiger partial charge in [-0.3, -0.25) is 14.5 Å². The van der Waals surface area contributed by atoms with Gasteiger partial charge in [0.25, 0.3) is 0 Å². The lowest BCUT2D eigenvalue weighted by atomic mass is 10.1. The molecule has 30 heavy (non-hydrogen) atoms. The van der Waals surface area contributed by atoms with Crippen molar-refractivity contribution in [2.45, 2.75) is 64.2 Å². The minimum atomic E-state index is -0.0743. The summed E-state index contributed by atoms with van der Waals surface area (Å²) in [6.45, 7) is 4.24. The van der Waals surface area contributed by atoms with Gasteiger partial charge >= 0.3 is 0 Å². The maximum absolute atomic E-state index is 12.6. The summed E-state index contributed by atoms with van der Waals surface area (Å²) in [6.07, 6.45) is 7.59. The molecule has 160 valence electrons. The fourth-order valence-electron chi connectivity index (χ4n) is 3.79. The lowest BCUT2D eigenvalue weighted by molar-refractivity contribution is -0.117. The molecule has 2 aromatic carbocycles. The van der Waals surface area contributed by atoms with Gasteiger partial charge in [0.2, 0.25) is 11.8 Å². The van der Waals surface area contributed by atoms with Crippen molar-refractivity contribution < 1.29 is 9.59 Å². The van der Waals surface area contributed by atoms with Crippen LogP contribution in [0.2, 0.25) is 0 Å². The molecule has 1 aliphatic heterocycles. The highest BCUT2D eigenvalue weighted by Gasteiger charge is 2.34. The van der Waals surface area contributed by atoms with Crippen molar-refractivity contribution in [3.8, 4) is 0 Å². The van der Waals surface area contributed by atoms with E-state index in [4.69, 9.17) is 0 Å². The highest BCUT2D eigenvalue weighted by Crippen LogP contribution is 2.42. The van der Waals surface area contributed by atoms with Crippen LogP contribution in [0.1, 0.15) is 68.4 Å². The first-order valence-electron chi connectivity index (χ1n) is 11.0. The zero-order chi connectivity index (χ0) is 21.3. The monoisotopic (exact) mass is 424 g/mol. The molecule has 0 aliphatic carbocycles. The van der Waals surface area contributed by atoms with Gasteiger partial charge in [0.05, 0.1) is 5.75 Å². The van der Waals surface area contributed by atoms with E-state index in [-0.39, 0.29) is 17.2 Å². The first-order valence-corrected chi connectivity index (χ1v) is 12.0. The second kappa shape index (κ2) is 11.2. The number of carbonyl (C=O) groups is 2. The summed E-state index contributed by atoms with van der Waals surface area (Å²) in [4.78, 5) is 26.8. The number of anilines is 2. The Labute approximate surface area is 184 Å². The summed E-state index contributed by atoms with van der Waals surface area (Å²) in [6, 6.07) is 15.9. The Morgan fingerprint density at radius 3 is 2.63 bits per heavy atom. The summed E-state index contributed by atoms with van der Waals surface area (Å²) in [5.41, 5.74) is 3.89. The van der Waals surface area contributed by atoms with E-state index in [2.05, 4.69) is 12.2 Å². The second-order valence-electron chi connectivity index (χ2n) is 7.96. The molecule has 0 spiro atoms. The predicted octanol–water partition coefficient (Wildman–Crippen LogP) is 6.46. The normalized spacial score (nSPS) is 16.1. The topological polar surface area (TPSA) is 49.4 Å². The number of hydrogen-bond donors (Lipinski definition) is 1. The third kappa shape index (κ3) is 6.11. The van der Waals surface area contributed by atoms with E-state index in [0.29, 0.717) is 12.2 Å². The zero-order valence-electron chi connectivity index (χ0n) is 18.0. The van der Waals surface area contributed by atoms with Crippen LogP contribution in [-0.4, -0.2) is 17.6 Å². The average molecular weight is 425 g/mol. The molecule has 1 N–H and O–H groups in total. The van der Waals surface area contributed by atoms with E-state index < -0.39 is 0 Å². The van der Waals surface area contributed by atoms with Crippen molar-refractivity contribution in [1.82, 2.24) is 0 Å². The third-order valence-corrected chi connectivity index (χ3v) is 6.57. The first kappa shape index (κ1) is 22.4. The van der Waals surface area contributed by atoms with Gasteiger partial charge in [0.15, 0.2) is 0 Å². The van der Waals surface area contributed by atoms with Gasteiger partial charge in [0, 0.05) is 17.8 Å². The zero-order valence-corrected chi connectivity index (χ0v) is 18.8. The molecule has 4 nitrogen and oxygen atoms in total. The van der Waals surface area contributed by atoms with E-state index >= 15 is 0 Å². The molecule has 2 aromatic rings. The molecule has 0 radical (unpaired) electrons. The maximum atomic E-state index is 12.6. The molecule has 1 fully saturated rings. The molecule has 0 unspecified atom stereocenters. The first-order chi connectivity index (χ1) is 14.6. The van der Waals surface area contributed by atoms with E-state index in [1.807, 2.05) is 60.4 Å². The molecule has 0 aromatic heterocycles. The molecule has 3 rings (SSSR count). The Kier molecular flexibility index (Phi) is 8.38. The number of benzene rings is 2. The molecule has 1 heterocycles. The number of hydrogen-bond acceptors (Lipinski definition) is 3. The number of nitrogens with zero attached hydrogens (tertiary/aromatic N) is 1. The van der Waals surface area contributed by atoms with E-state index in [0.717, 1.165) is 35.3 Å². The standard InChI is InChI=1S/C25H32N2O2S/c1-3-4-5-6-7-8-15-23(28)26-21-13-10-12-20(17-21)25-27(24(29)18-30-25)22-14-9-11-19(2)16-22/h9-14,16-17,25H,3-8,15,18H2,1-2H3,(H,26,28)/t25-/m1/s1. The molecule has 1 atom stereocenters. The van der Waals surface area contributed by atoms with Crippen LogP contribution in [0.15, 0.2) is 48.5 Å². The van der Waals surface area contributed by atoms with Crippen LogP contribution in [0, 0.1) is 6.92 Å². The number of carbonyl (C=O) groups excluding carboxylic acids is 2. The molecular formula is C25H32N2O2S. The van der Waals surface area contributed by atoms with Gasteiger partial charge in [0.1, 0.15) is 5.37 Å². The van der Waals surface area contributed by atoms with Crippen LogP contribution in [-0.2, 0) is 9.59 Å². The largest absolute Gasteiger partial charge is 0.326 e. The van der Waals surface area contributed by atoms with Crippen LogP contribution in [0.3, 0.4) is 0 Å². The summed E-state index contributed by atoms with van der Waals surface area (Å²) in [5, 5.41) is 2.96. The van der Waals surface area contributed by atoms with E-state index in [1.165, 1.54) is 25.7 Å². The molecule has 0 saturated carbocycles. The number of unbranched alkanes of at least 4 members (excludes halogenated alkanes) is 5. The summed E-state index contributed by atoms with van der Waals surface area (Å²) < 4.78 is 0. The Hall–Kier alpha value is -2.27. The minimum Gasteiger partial charge on any atom is -0.326 e. The van der Waals surface area contributed by atoms with Crippen molar-refractivity contribution >= 4 is 35.0 Å². The third-order valence-electron chi connectivity index (χ3n) is 5.36. The van der Waals surface area contributed by atoms with Gasteiger partial charge in [-0.05, 0) is 48.7 Å². The molecule has 1 aliphatic rings. The number of thioether (sulfide) groups is 1. The van der Waals surface area contributed by atoms with Gasteiger partial charge < -0.3 is 5.32 Å². The van der Waals surface area contributed by atoms with Crippen LogP contribution in [0.4, 0.5) is 11.4 Å². The van der Waals surface area contributed by atoms with E-state index in [9.17, 15) is 9.59 Å². The van der Waals surface area contributed by atoms with Crippen molar-refractivity contribution in [2.24, 2.45) is 0 Å². The highest BCUT2D eigenvalue weighted by atomic mass is 32.2. The van der Waals surface area contributed by atoms with Crippen LogP contribution >= 0.6 is 11.8 Å². The van der Waals surface area contributed by atoms with Gasteiger partial charge in [-0.15, -0.1) is 11.8 Å². The highest BCUT2D eigenvalue weighted by molar-refractivity contribution is 8.00. The van der Waals surface area contributed by atoms with Crippen molar-refractivity contribution in [3.63, 3.8) is 0 Å². The Morgan fingerprint density at radius 2 is 1.83 bits per heavy atom.